The maximum Gasteiger partial charge on any atom is 0.320 e. The van der Waals surface area contributed by atoms with Gasteiger partial charge in [0.25, 0.3) is 0 Å². The molecule has 0 aromatic heterocycles. The standard InChI is InChI=1S/C14H24N2O3/c1-3-7-14(12(17)18)8-4-9-16(10-14)13(19)15(2)11-5-6-11/h11H,3-10H2,1-2H3,(H,17,18). The number of likely N-dealkylation sites (tertiary alicyclic amines) is 1. The van der Waals surface area contributed by atoms with E-state index in [2.05, 4.69) is 0 Å². The number of piperidine rings is 1. The lowest BCUT2D eigenvalue weighted by molar-refractivity contribution is -0.152. The molecule has 0 aromatic carbocycles. The molecular formula is C14H24N2O3. The fourth-order valence-electron chi connectivity index (χ4n) is 3.10. The zero-order chi connectivity index (χ0) is 14.0. The van der Waals surface area contributed by atoms with Crippen molar-refractivity contribution in [1.82, 2.24) is 9.80 Å². The van der Waals surface area contributed by atoms with Gasteiger partial charge in [0.15, 0.2) is 0 Å². The summed E-state index contributed by atoms with van der Waals surface area (Å²) in [4.78, 5) is 27.5. The first-order chi connectivity index (χ1) is 9.00. The largest absolute Gasteiger partial charge is 0.481 e. The molecule has 19 heavy (non-hydrogen) atoms. The Kier molecular flexibility index (Phi) is 4.02. The van der Waals surface area contributed by atoms with Crippen molar-refractivity contribution in [1.29, 1.82) is 0 Å². The van der Waals surface area contributed by atoms with Gasteiger partial charge in [-0.05, 0) is 32.1 Å². The number of carbonyl (C=O) groups is 2. The van der Waals surface area contributed by atoms with Crippen LogP contribution < -0.4 is 0 Å². The molecule has 0 aromatic rings. The van der Waals surface area contributed by atoms with Crippen LogP contribution in [0.2, 0.25) is 0 Å². The summed E-state index contributed by atoms with van der Waals surface area (Å²) in [5, 5.41) is 9.53. The van der Waals surface area contributed by atoms with Crippen LogP contribution in [0.1, 0.15) is 45.4 Å². The van der Waals surface area contributed by atoms with E-state index in [-0.39, 0.29) is 6.03 Å². The number of urea groups is 1. The Morgan fingerprint density at radius 3 is 2.63 bits per heavy atom. The van der Waals surface area contributed by atoms with Crippen molar-refractivity contribution >= 4 is 12.0 Å². The predicted octanol–water partition coefficient (Wildman–Crippen LogP) is 2.17. The molecule has 5 heteroatoms. The number of hydrogen-bond donors (Lipinski definition) is 1. The van der Waals surface area contributed by atoms with Crippen molar-refractivity contribution < 1.29 is 14.7 Å². The van der Waals surface area contributed by atoms with Crippen LogP contribution in [0.4, 0.5) is 4.79 Å². The SMILES string of the molecule is CCCC1(C(=O)O)CCCN(C(=O)N(C)C2CC2)C1. The molecule has 2 fully saturated rings. The van der Waals surface area contributed by atoms with E-state index in [0.717, 1.165) is 25.7 Å². The van der Waals surface area contributed by atoms with E-state index in [1.165, 1.54) is 0 Å². The molecule has 1 heterocycles. The minimum atomic E-state index is -0.749. The summed E-state index contributed by atoms with van der Waals surface area (Å²) in [7, 11) is 1.83. The minimum absolute atomic E-state index is 0.00364. The van der Waals surface area contributed by atoms with Gasteiger partial charge >= 0.3 is 12.0 Å². The summed E-state index contributed by atoms with van der Waals surface area (Å²) >= 11 is 0. The van der Waals surface area contributed by atoms with Gasteiger partial charge < -0.3 is 14.9 Å². The Balaban J connectivity index is 2.06. The molecule has 2 amide bonds. The van der Waals surface area contributed by atoms with Crippen molar-refractivity contribution in [2.24, 2.45) is 5.41 Å². The molecule has 2 aliphatic rings. The summed E-state index contributed by atoms with van der Waals surface area (Å²) in [6, 6.07) is 0.378. The van der Waals surface area contributed by atoms with Crippen LogP contribution in [-0.2, 0) is 4.79 Å². The van der Waals surface area contributed by atoms with Crippen LogP contribution >= 0.6 is 0 Å². The van der Waals surface area contributed by atoms with E-state index < -0.39 is 11.4 Å². The van der Waals surface area contributed by atoms with Gasteiger partial charge in [0.2, 0.25) is 0 Å². The van der Waals surface area contributed by atoms with E-state index in [9.17, 15) is 14.7 Å². The predicted molar refractivity (Wildman–Crippen MR) is 72.0 cm³/mol. The lowest BCUT2D eigenvalue weighted by Gasteiger charge is -2.41. The Morgan fingerprint density at radius 2 is 2.11 bits per heavy atom. The second-order valence-electron chi connectivity index (χ2n) is 5.99. The molecule has 1 aliphatic heterocycles. The third-order valence-corrected chi connectivity index (χ3v) is 4.43. The number of rotatable bonds is 4. The van der Waals surface area contributed by atoms with Gasteiger partial charge in [-0.15, -0.1) is 0 Å². The molecule has 2 rings (SSSR count). The summed E-state index contributed by atoms with van der Waals surface area (Å²) in [5.74, 6) is -0.749. The number of carboxylic acids is 1. The fraction of sp³-hybridized carbons (Fsp3) is 0.857. The second-order valence-corrected chi connectivity index (χ2v) is 5.99. The highest BCUT2D eigenvalue weighted by molar-refractivity contribution is 5.79. The van der Waals surface area contributed by atoms with Gasteiger partial charge in [0, 0.05) is 26.2 Å². The van der Waals surface area contributed by atoms with Crippen molar-refractivity contribution in [3.05, 3.63) is 0 Å². The molecule has 1 atom stereocenters. The molecule has 5 nitrogen and oxygen atoms in total. The van der Waals surface area contributed by atoms with E-state index in [0.29, 0.717) is 32.0 Å². The first kappa shape index (κ1) is 14.2. The van der Waals surface area contributed by atoms with Crippen LogP contribution in [0.5, 0.6) is 0 Å². The Hall–Kier alpha value is -1.26. The molecule has 0 bridgehead atoms. The van der Waals surface area contributed by atoms with Gasteiger partial charge in [-0.3, -0.25) is 4.79 Å². The normalized spacial score (nSPS) is 27.2. The van der Waals surface area contributed by atoms with Gasteiger partial charge in [-0.2, -0.15) is 0 Å². The van der Waals surface area contributed by atoms with Gasteiger partial charge in [0.1, 0.15) is 0 Å². The van der Waals surface area contributed by atoms with Crippen molar-refractivity contribution in [2.45, 2.75) is 51.5 Å². The molecule has 1 saturated carbocycles. The highest BCUT2D eigenvalue weighted by Gasteiger charge is 2.44. The zero-order valence-corrected chi connectivity index (χ0v) is 11.9. The van der Waals surface area contributed by atoms with Crippen molar-refractivity contribution in [3.8, 4) is 0 Å². The third kappa shape index (κ3) is 2.85. The number of amides is 2. The Labute approximate surface area is 114 Å². The smallest absolute Gasteiger partial charge is 0.320 e. The van der Waals surface area contributed by atoms with Crippen LogP contribution in [0.15, 0.2) is 0 Å². The first-order valence-electron chi connectivity index (χ1n) is 7.25. The molecule has 1 N–H and O–H groups in total. The lowest BCUT2D eigenvalue weighted by Crippen LogP contribution is -2.53. The Morgan fingerprint density at radius 1 is 1.42 bits per heavy atom. The highest BCUT2D eigenvalue weighted by atomic mass is 16.4. The number of aliphatic carboxylic acids is 1. The number of carboxylic acid groups (broad SMARTS) is 1. The quantitative estimate of drug-likeness (QED) is 0.850. The molecule has 1 aliphatic carbocycles. The highest BCUT2D eigenvalue weighted by Crippen LogP contribution is 2.36. The van der Waals surface area contributed by atoms with Gasteiger partial charge in [-0.1, -0.05) is 13.3 Å². The van der Waals surface area contributed by atoms with Gasteiger partial charge in [-0.25, -0.2) is 4.79 Å². The number of hydrogen-bond acceptors (Lipinski definition) is 2. The van der Waals surface area contributed by atoms with Gasteiger partial charge in [0.05, 0.1) is 5.41 Å². The lowest BCUT2D eigenvalue weighted by atomic mass is 9.76. The monoisotopic (exact) mass is 268 g/mol. The van der Waals surface area contributed by atoms with Crippen LogP contribution in [0.3, 0.4) is 0 Å². The minimum Gasteiger partial charge on any atom is -0.481 e. The molecule has 0 spiro atoms. The topological polar surface area (TPSA) is 60.9 Å². The summed E-state index contributed by atoms with van der Waals surface area (Å²) in [6.07, 6.45) is 5.12. The molecule has 108 valence electrons. The molecule has 0 radical (unpaired) electrons. The summed E-state index contributed by atoms with van der Waals surface area (Å²) in [6.45, 7) is 3.06. The van der Waals surface area contributed by atoms with Crippen LogP contribution in [0, 0.1) is 5.41 Å². The molecular weight excluding hydrogens is 244 g/mol. The average Bonchev–Trinajstić information content (AvgIpc) is 3.22. The maximum absolute atomic E-state index is 12.4. The Bertz CT molecular complexity index is 364. The molecule has 1 saturated heterocycles. The van der Waals surface area contributed by atoms with Crippen LogP contribution in [0.25, 0.3) is 0 Å². The fourth-order valence-corrected chi connectivity index (χ4v) is 3.10. The third-order valence-electron chi connectivity index (χ3n) is 4.43. The van der Waals surface area contributed by atoms with E-state index in [4.69, 9.17) is 0 Å². The van der Waals surface area contributed by atoms with Crippen molar-refractivity contribution in [2.75, 3.05) is 20.1 Å². The average molecular weight is 268 g/mol. The van der Waals surface area contributed by atoms with Crippen molar-refractivity contribution in [3.63, 3.8) is 0 Å². The van der Waals surface area contributed by atoms with Crippen LogP contribution in [-0.4, -0.2) is 53.1 Å². The first-order valence-corrected chi connectivity index (χ1v) is 7.25. The van der Waals surface area contributed by atoms with E-state index in [1.54, 1.807) is 9.80 Å². The summed E-state index contributed by atoms with van der Waals surface area (Å²) in [5.41, 5.74) is -0.729. The van der Waals surface area contributed by atoms with E-state index in [1.807, 2.05) is 14.0 Å². The molecule has 1 unspecified atom stereocenters. The number of carbonyl (C=O) groups excluding carboxylic acids is 1. The second kappa shape index (κ2) is 5.39. The van der Waals surface area contributed by atoms with E-state index >= 15 is 0 Å². The summed E-state index contributed by atoms with van der Waals surface area (Å²) < 4.78 is 0. The zero-order valence-electron chi connectivity index (χ0n) is 11.9. The number of nitrogens with zero attached hydrogens (tertiary/aromatic N) is 2. The maximum atomic E-state index is 12.4.